The average molecular weight is 467 g/mol. The fourth-order valence-electron chi connectivity index (χ4n) is 3.21. The van der Waals surface area contributed by atoms with E-state index >= 15 is 0 Å². The molecule has 0 radical (unpaired) electrons. The smallest absolute Gasteiger partial charge is 0.320 e. The molecule has 1 atom stereocenters. The molecule has 1 amide bonds. The van der Waals surface area contributed by atoms with Crippen molar-refractivity contribution >= 4 is 39.1 Å². The molecular weight excluding hydrogens is 444 g/mol. The van der Waals surface area contributed by atoms with Crippen LogP contribution in [-0.4, -0.2) is 33.2 Å². The number of hydrogen-bond acceptors (Lipinski definition) is 6. The first kappa shape index (κ1) is 23.7. The Hall–Kier alpha value is -3.98. The first-order valence-corrected chi connectivity index (χ1v) is 11.4. The Balaban J connectivity index is 2.03. The van der Waals surface area contributed by atoms with Gasteiger partial charge >= 0.3 is 5.97 Å². The summed E-state index contributed by atoms with van der Waals surface area (Å²) in [4.78, 5) is 37.4. The summed E-state index contributed by atoms with van der Waals surface area (Å²) >= 11 is 0. The number of hydrogen-bond donors (Lipinski definition) is 2. The van der Waals surface area contributed by atoms with E-state index in [0.717, 1.165) is 7.11 Å². The molecule has 0 aliphatic rings. The van der Waals surface area contributed by atoms with Crippen molar-refractivity contribution < 1.29 is 27.5 Å². The van der Waals surface area contributed by atoms with Gasteiger partial charge in [0.05, 0.1) is 12.0 Å². The summed E-state index contributed by atoms with van der Waals surface area (Å²) in [6.07, 6.45) is 0. The van der Waals surface area contributed by atoms with Gasteiger partial charge in [-0.3, -0.25) is 19.1 Å². The van der Waals surface area contributed by atoms with Gasteiger partial charge in [0.15, 0.2) is 0 Å². The number of ketones is 1. The number of benzene rings is 3. The summed E-state index contributed by atoms with van der Waals surface area (Å²) in [6.45, 7) is 1.21. The van der Waals surface area contributed by atoms with Gasteiger partial charge in [0.25, 0.3) is 15.9 Å². The fourth-order valence-corrected chi connectivity index (χ4v) is 4.28. The normalized spacial score (nSPS) is 11.8. The van der Waals surface area contributed by atoms with Crippen molar-refractivity contribution in [2.24, 2.45) is 0 Å². The van der Waals surface area contributed by atoms with Crippen molar-refractivity contribution in [3.63, 3.8) is 0 Å². The number of Topliss-reactive ketones (excluding diaryl/α,β-unsaturated/α-hetero) is 1. The summed E-state index contributed by atoms with van der Waals surface area (Å²) < 4.78 is 32.6. The van der Waals surface area contributed by atoms with E-state index in [1.807, 2.05) is 0 Å². The molecule has 9 heteroatoms. The number of anilines is 2. The van der Waals surface area contributed by atoms with Crippen LogP contribution in [0.1, 0.15) is 28.8 Å². The van der Waals surface area contributed by atoms with E-state index in [9.17, 15) is 22.8 Å². The number of methoxy groups -OCH3 is 1. The minimum atomic E-state index is -3.92. The first-order chi connectivity index (χ1) is 15.7. The zero-order chi connectivity index (χ0) is 24.0. The van der Waals surface area contributed by atoms with Crippen LogP contribution in [0.2, 0.25) is 0 Å². The standard InChI is InChI=1S/C24H22N2O6S/c1-16(27)22(24(29)32-2)20-15-18(26-33(30,31)19-11-7-4-8-12-19)13-14-21(20)25-23(28)17-9-5-3-6-10-17/h3-15,22,26H,1-2H3,(H,25,28). The Morgan fingerprint density at radius 2 is 1.48 bits per heavy atom. The Labute approximate surface area is 191 Å². The molecule has 33 heavy (non-hydrogen) atoms. The molecule has 3 aromatic rings. The van der Waals surface area contributed by atoms with Gasteiger partial charge in [-0.2, -0.15) is 0 Å². The number of esters is 1. The van der Waals surface area contributed by atoms with Crippen LogP contribution in [-0.2, 0) is 24.3 Å². The lowest BCUT2D eigenvalue weighted by molar-refractivity contribution is -0.145. The molecule has 0 saturated carbocycles. The molecule has 0 aromatic heterocycles. The van der Waals surface area contributed by atoms with Gasteiger partial charge < -0.3 is 10.1 Å². The third-order valence-corrected chi connectivity index (χ3v) is 6.19. The van der Waals surface area contributed by atoms with Gasteiger partial charge in [-0.1, -0.05) is 36.4 Å². The average Bonchev–Trinajstić information content (AvgIpc) is 2.81. The van der Waals surface area contributed by atoms with Gasteiger partial charge in [0, 0.05) is 16.9 Å². The molecule has 3 aromatic carbocycles. The van der Waals surface area contributed by atoms with Gasteiger partial charge in [-0.25, -0.2) is 8.42 Å². The lowest BCUT2D eigenvalue weighted by atomic mass is 9.93. The fraction of sp³-hybridized carbons (Fsp3) is 0.125. The Kier molecular flexibility index (Phi) is 7.24. The number of amides is 1. The van der Waals surface area contributed by atoms with Crippen LogP contribution in [0, 0.1) is 0 Å². The molecule has 170 valence electrons. The Morgan fingerprint density at radius 3 is 2.06 bits per heavy atom. The van der Waals surface area contributed by atoms with Crippen LogP contribution >= 0.6 is 0 Å². The third kappa shape index (κ3) is 5.64. The highest BCUT2D eigenvalue weighted by Gasteiger charge is 2.30. The third-order valence-electron chi connectivity index (χ3n) is 4.80. The van der Waals surface area contributed by atoms with Crippen LogP contribution in [0.3, 0.4) is 0 Å². The maximum Gasteiger partial charge on any atom is 0.320 e. The van der Waals surface area contributed by atoms with Crippen molar-refractivity contribution in [1.29, 1.82) is 0 Å². The number of nitrogens with one attached hydrogen (secondary N) is 2. The Morgan fingerprint density at radius 1 is 0.879 bits per heavy atom. The lowest BCUT2D eigenvalue weighted by Crippen LogP contribution is -2.24. The van der Waals surface area contributed by atoms with Crippen LogP contribution in [0.15, 0.2) is 83.8 Å². The molecule has 2 N–H and O–H groups in total. The van der Waals surface area contributed by atoms with Gasteiger partial charge in [-0.05, 0) is 55.0 Å². The Bertz CT molecular complexity index is 1270. The van der Waals surface area contributed by atoms with Crippen molar-refractivity contribution in [3.8, 4) is 0 Å². The zero-order valence-corrected chi connectivity index (χ0v) is 18.8. The van der Waals surface area contributed by atoms with E-state index in [-0.39, 0.29) is 21.8 Å². The predicted molar refractivity (Wildman–Crippen MR) is 124 cm³/mol. The lowest BCUT2D eigenvalue weighted by Gasteiger charge is -2.19. The first-order valence-electron chi connectivity index (χ1n) is 9.89. The van der Waals surface area contributed by atoms with Gasteiger partial charge in [0.1, 0.15) is 11.7 Å². The molecule has 0 aliphatic carbocycles. The van der Waals surface area contributed by atoms with Crippen molar-refractivity contribution in [1.82, 2.24) is 0 Å². The monoisotopic (exact) mass is 466 g/mol. The highest BCUT2D eigenvalue weighted by molar-refractivity contribution is 7.92. The molecule has 3 rings (SSSR count). The topological polar surface area (TPSA) is 119 Å². The molecule has 0 spiro atoms. The van der Waals surface area contributed by atoms with Gasteiger partial charge in [-0.15, -0.1) is 0 Å². The minimum absolute atomic E-state index is 0.0455. The molecule has 0 fully saturated rings. The van der Waals surface area contributed by atoms with Crippen LogP contribution in [0.25, 0.3) is 0 Å². The van der Waals surface area contributed by atoms with Crippen LogP contribution < -0.4 is 10.0 Å². The van der Waals surface area contributed by atoms with Crippen molar-refractivity contribution in [3.05, 3.63) is 90.0 Å². The van der Waals surface area contributed by atoms with E-state index in [0.29, 0.717) is 5.56 Å². The second-order valence-corrected chi connectivity index (χ2v) is 8.79. The number of ether oxygens (including phenoxy) is 1. The molecule has 0 heterocycles. The second kappa shape index (κ2) is 10.1. The predicted octanol–water partition coefficient (Wildman–Crippen LogP) is 3.59. The highest BCUT2D eigenvalue weighted by Crippen LogP contribution is 2.31. The summed E-state index contributed by atoms with van der Waals surface area (Å²) in [6, 6.07) is 20.3. The van der Waals surface area contributed by atoms with Gasteiger partial charge in [0.2, 0.25) is 0 Å². The molecular formula is C24H22N2O6S. The van der Waals surface area contributed by atoms with Crippen molar-refractivity contribution in [2.45, 2.75) is 17.7 Å². The molecule has 0 saturated heterocycles. The zero-order valence-electron chi connectivity index (χ0n) is 17.9. The number of carbonyl (C=O) groups excluding carboxylic acids is 3. The quantitative estimate of drug-likeness (QED) is 0.387. The van der Waals surface area contributed by atoms with E-state index in [1.54, 1.807) is 48.5 Å². The number of rotatable bonds is 8. The molecule has 0 aliphatic heterocycles. The van der Waals surface area contributed by atoms with E-state index < -0.39 is 33.6 Å². The van der Waals surface area contributed by atoms with Crippen molar-refractivity contribution in [2.75, 3.05) is 17.1 Å². The van der Waals surface area contributed by atoms with Crippen LogP contribution in [0.5, 0.6) is 0 Å². The number of carbonyl (C=O) groups is 3. The van der Waals surface area contributed by atoms with E-state index in [1.165, 1.54) is 37.3 Å². The second-order valence-electron chi connectivity index (χ2n) is 7.11. The van der Waals surface area contributed by atoms with E-state index in [2.05, 4.69) is 10.0 Å². The summed E-state index contributed by atoms with van der Waals surface area (Å²) in [5.74, 6) is -3.18. The maximum absolute atomic E-state index is 12.7. The summed E-state index contributed by atoms with van der Waals surface area (Å²) in [5, 5.41) is 2.69. The summed E-state index contributed by atoms with van der Waals surface area (Å²) in [7, 11) is -2.78. The SMILES string of the molecule is COC(=O)C(C(C)=O)c1cc(NS(=O)(=O)c2ccccc2)ccc1NC(=O)c1ccccc1. The van der Waals surface area contributed by atoms with E-state index in [4.69, 9.17) is 4.74 Å². The highest BCUT2D eigenvalue weighted by atomic mass is 32.2. The molecule has 1 unspecified atom stereocenters. The maximum atomic E-state index is 12.7. The molecule has 8 nitrogen and oxygen atoms in total. The molecule has 0 bridgehead atoms. The minimum Gasteiger partial charge on any atom is -0.468 e. The number of sulfonamides is 1. The largest absolute Gasteiger partial charge is 0.468 e. The van der Waals surface area contributed by atoms with Crippen LogP contribution in [0.4, 0.5) is 11.4 Å². The summed E-state index contributed by atoms with van der Waals surface area (Å²) in [5.41, 5.74) is 0.764.